The van der Waals surface area contributed by atoms with Crippen LogP contribution in [0.4, 0.5) is 29.0 Å². The third-order valence-corrected chi connectivity index (χ3v) is 6.47. The van der Waals surface area contributed by atoms with Gasteiger partial charge in [0.15, 0.2) is 11.5 Å². The fourth-order valence-electron chi connectivity index (χ4n) is 3.58. The zero-order chi connectivity index (χ0) is 30.4. The Morgan fingerprint density at radius 3 is 2.52 bits per heavy atom. The van der Waals surface area contributed by atoms with Crippen LogP contribution in [-0.4, -0.2) is 46.0 Å². The van der Waals surface area contributed by atoms with Crippen LogP contribution in [0.2, 0.25) is 5.28 Å². The van der Waals surface area contributed by atoms with Crippen LogP contribution in [0.1, 0.15) is 16.7 Å². The molecule has 0 unspecified atom stereocenters. The number of rotatable bonds is 9. The number of hydrogen-bond donors (Lipinski definition) is 5. The van der Waals surface area contributed by atoms with Crippen LogP contribution in [0.15, 0.2) is 74.8 Å². The van der Waals surface area contributed by atoms with Crippen molar-refractivity contribution < 1.29 is 27.9 Å². The number of halogens is 1. The van der Waals surface area contributed by atoms with Crippen LogP contribution in [0.3, 0.4) is 0 Å². The highest BCUT2D eigenvalue weighted by Gasteiger charge is 2.19. The maximum Gasteiger partial charge on any atom is 0.298 e. The molecule has 4 aromatic rings. The zero-order valence-corrected chi connectivity index (χ0v) is 23.8. The molecule has 0 bridgehead atoms. The highest BCUT2D eigenvalue weighted by atomic mass is 35.5. The number of benzene rings is 3. The largest absolute Gasteiger partial charge is 0.504 e. The molecule has 1 heterocycles. The van der Waals surface area contributed by atoms with E-state index in [0.717, 1.165) is 11.6 Å². The number of nitrogen functional groups attached to an aromatic ring is 1. The van der Waals surface area contributed by atoms with E-state index >= 15 is 0 Å². The fraction of sp³-hybridized carbons (Fsp3) is 0.120. The van der Waals surface area contributed by atoms with Crippen molar-refractivity contribution in [3.8, 4) is 11.5 Å². The molecule has 218 valence electrons. The molecule has 3 aromatic carbocycles. The SMILES string of the molecule is COOc1cc(Nc2nc(N)nc(Cl)n2)ccc1N=NC(=NNc1cc(C)cc(S(=O)(=O)O)c1O)c1ccccc1C. The van der Waals surface area contributed by atoms with E-state index in [2.05, 4.69) is 41.0 Å². The number of nitrogens with two attached hydrogens (primary N) is 1. The van der Waals surface area contributed by atoms with Crippen molar-refractivity contribution in [3.05, 3.63) is 76.6 Å². The van der Waals surface area contributed by atoms with Gasteiger partial charge in [0.25, 0.3) is 10.1 Å². The molecule has 0 aliphatic heterocycles. The number of hydrazone groups is 1. The van der Waals surface area contributed by atoms with Gasteiger partial charge in [0.05, 0.1) is 12.8 Å². The van der Waals surface area contributed by atoms with E-state index < -0.39 is 20.8 Å². The first-order chi connectivity index (χ1) is 19.9. The van der Waals surface area contributed by atoms with Crippen LogP contribution in [0, 0.1) is 13.8 Å². The van der Waals surface area contributed by atoms with Gasteiger partial charge >= 0.3 is 0 Å². The van der Waals surface area contributed by atoms with Crippen molar-refractivity contribution in [3.63, 3.8) is 0 Å². The standard InChI is InChI=1S/C25H24ClN9O6S/c1-13-10-18(21(36)20(11-13)42(37,38)39)33-35-22(16-7-5-4-6-14(16)2)34-32-17-9-8-15(12-19(17)41-40-3)28-25-30-23(26)29-24(27)31-25/h4-12,33,36H,1-3H3,(H,37,38,39)(H3,27,28,29,30,31). The van der Waals surface area contributed by atoms with Crippen LogP contribution >= 0.6 is 11.6 Å². The van der Waals surface area contributed by atoms with E-state index in [4.69, 9.17) is 27.1 Å². The summed E-state index contributed by atoms with van der Waals surface area (Å²) < 4.78 is 32.9. The summed E-state index contributed by atoms with van der Waals surface area (Å²) in [7, 11) is -3.38. The Morgan fingerprint density at radius 2 is 1.83 bits per heavy atom. The molecule has 0 saturated heterocycles. The summed E-state index contributed by atoms with van der Waals surface area (Å²) in [5.74, 6) is -0.454. The Morgan fingerprint density at radius 1 is 1.07 bits per heavy atom. The Bertz CT molecular complexity index is 1780. The van der Waals surface area contributed by atoms with Gasteiger partial charge in [0.1, 0.15) is 10.6 Å². The Kier molecular flexibility index (Phi) is 9.12. The number of amidine groups is 1. The van der Waals surface area contributed by atoms with Gasteiger partial charge in [-0.25, -0.2) is 0 Å². The minimum Gasteiger partial charge on any atom is -0.504 e. The Labute approximate surface area is 244 Å². The van der Waals surface area contributed by atoms with E-state index in [9.17, 15) is 18.1 Å². The first-order valence-electron chi connectivity index (χ1n) is 11.9. The molecule has 0 aliphatic rings. The van der Waals surface area contributed by atoms with Crippen LogP contribution in [0.25, 0.3) is 0 Å². The lowest BCUT2D eigenvalue weighted by molar-refractivity contribution is -0.177. The molecule has 15 nitrogen and oxygen atoms in total. The van der Waals surface area contributed by atoms with Crippen LogP contribution < -0.4 is 21.4 Å². The summed E-state index contributed by atoms with van der Waals surface area (Å²) in [4.78, 5) is 21.1. The number of aryl methyl sites for hydroxylation is 2. The summed E-state index contributed by atoms with van der Waals surface area (Å²) in [6.07, 6.45) is 0. The topological polar surface area (TPSA) is 219 Å². The predicted molar refractivity (Wildman–Crippen MR) is 155 cm³/mol. The van der Waals surface area contributed by atoms with E-state index in [1.54, 1.807) is 31.2 Å². The summed E-state index contributed by atoms with van der Waals surface area (Å²) in [5, 5.41) is 26.1. The number of phenols is 1. The van der Waals surface area contributed by atoms with E-state index in [0.29, 0.717) is 16.8 Å². The first-order valence-corrected chi connectivity index (χ1v) is 13.7. The monoisotopic (exact) mass is 613 g/mol. The number of anilines is 4. The zero-order valence-electron chi connectivity index (χ0n) is 22.3. The van der Waals surface area contributed by atoms with Crippen LogP contribution in [0.5, 0.6) is 11.5 Å². The van der Waals surface area contributed by atoms with Gasteiger partial charge in [-0.15, -0.1) is 10.2 Å². The average Bonchev–Trinajstić information content (AvgIpc) is 2.91. The molecule has 4 rings (SSSR count). The molecule has 0 atom stereocenters. The minimum absolute atomic E-state index is 0.0684. The third-order valence-electron chi connectivity index (χ3n) is 5.43. The lowest BCUT2D eigenvalue weighted by Crippen LogP contribution is -2.05. The molecule has 0 amide bonds. The number of aromatic nitrogens is 3. The third kappa shape index (κ3) is 7.43. The lowest BCUT2D eigenvalue weighted by atomic mass is 10.1. The van der Waals surface area contributed by atoms with Crippen molar-refractivity contribution in [1.29, 1.82) is 0 Å². The molecule has 0 radical (unpaired) electrons. The van der Waals surface area contributed by atoms with Gasteiger partial charge in [0.2, 0.25) is 23.0 Å². The minimum atomic E-state index is -4.70. The van der Waals surface area contributed by atoms with Gasteiger partial charge in [-0.2, -0.15) is 33.4 Å². The van der Waals surface area contributed by atoms with E-state index in [1.807, 2.05) is 19.1 Å². The van der Waals surface area contributed by atoms with Crippen LogP contribution in [-0.2, 0) is 15.0 Å². The summed E-state index contributed by atoms with van der Waals surface area (Å²) in [5.41, 5.74) is 10.7. The molecule has 0 fully saturated rings. The van der Waals surface area contributed by atoms with Gasteiger partial charge in [0, 0.05) is 17.3 Å². The maximum atomic E-state index is 11.7. The number of hydrogen-bond acceptors (Lipinski definition) is 13. The molecule has 42 heavy (non-hydrogen) atoms. The normalized spacial score (nSPS) is 12.0. The van der Waals surface area contributed by atoms with Gasteiger partial charge in [-0.3, -0.25) is 9.98 Å². The molecule has 1 aromatic heterocycles. The number of azo groups is 1. The van der Waals surface area contributed by atoms with Gasteiger partial charge < -0.3 is 21.0 Å². The Hall–Kier alpha value is -4.90. The molecular weight excluding hydrogens is 590 g/mol. The van der Waals surface area contributed by atoms with Crippen molar-refractivity contribution in [2.24, 2.45) is 15.3 Å². The van der Waals surface area contributed by atoms with Crippen molar-refractivity contribution in [1.82, 2.24) is 15.0 Å². The highest BCUT2D eigenvalue weighted by Crippen LogP contribution is 2.34. The fourth-order valence-corrected chi connectivity index (χ4v) is 4.44. The number of aromatic hydroxyl groups is 1. The van der Waals surface area contributed by atoms with Crippen molar-refractivity contribution in [2.45, 2.75) is 18.7 Å². The number of nitrogens with zero attached hydrogens (tertiary/aromatic N) is 6. The number of nitrogens with one attached hydrogen (secondary N) is 2. The van der Waals surface area contributed by atoms with Gasteiger partial charge in [-0.1, -0.05) is 24.3 Å². The smallest absolute Gasteiger partial charge is 0.298 e. The van der Waals surface area contributed by atoms with E-state index in [-0.39, 0.29) is 40.1 Å². The molecule has 17 heteroatoms. The Balaban J connectivity index is 1.71. The van der Waals surface area contributed by atoms with Crippen molar-refractivity contribution in [2.75, 3.05) is 23.6 Å². The average molecular weight is 614 g/mol. The molecule has 6 N–H and O–H groups in total. The quantitative estimate of drug-likeness (QED) is 0.0323. The predicted octanol–water partition coefficient (Wildman–Crippen LogP) is 4.92. The second-order valence-corrected chi connectivity index (χ2v) is 10.3. The summed E-state index contributed by atoms with van der Waals surface area (Å²) in [6.45, 7) is 3.42. The number of phenolic OH excluding ortho intramolecular Hbond substituents is 1. The lowest BCUT2D eigenvalue weighted by Gasteiger charge is -2.11. The highest BCUT2D eigenvalue weighted by molar-refractivity contribution is 7.86. The van der Waals surface area contributed by atoms with E-state index in [1.165, 1.54) is 19.2 Å². The molecule has 0 spiro atoms. The molecular formula is C25H24ClN9O6S. The molecule has 0 aliphatic carbocycles. The summed E-state index contributed by atoms with van der Waals surface area (Å²) >= 11 is 5.84. The molecule has 0 saturated carbocycles. The summed E-state index contributed by atoms with van der Waals surface area (Å²) in [6, 6.07) is 14.5. The second-order valence-electron chi connectivity index (χ2n) is 8.54. The van der Waals surface area contributed by atoms with Crippen molar-refractivity contribution >= 4 is 56.5 Å². The second kappa shape index (κ2) is 12.7. The first kappa shape index (κ1) is 30.1. The van der Waals surface area contributed by atoms with Gasteiger partial charge in [-0.05, 0) is 60.8 Å². The maximum absolute atomic E-state index is 11.7.